The minimum absolute atomic E-state index is 0.131. The second kappa shape index (κ2) is 7.86. The monoisotopic (exact) mass is 422 g/mol. The van der Waals surface area contributed by atoms with Crippen LogP contribution in [0, 0.1) is 5.82 Å². The Kier molecular flexibility index (Phi) is 4.89. The topological polar surface area (TPSA) is 98.8 Å². The van der Waals surface area contributed by atoms with Crippen molar-refractivity contribution in [1.82, 2.24) is 30.4 Å². The minimum Gasteiger partial charge on any atom is -0.488 e. The van der Waals surface area contributed by atoms with Crippen LogP contribution in [0.2, 0.25) is 0 Å². The fourth-order valence-electron chi connectivity index (χ4n) is 3.82. The molecule has 1 aliphatic rings. The fraction of sp³-hybridized carbons (Fsp3) is 0.333. The smallest absolute Gasteiger partial charge is 0.167 e. The van der Waals surface area contributed by atoms with E-state index in [4.69, 9.17) is 4.74 Å². The van der Waals surface area contributed by atoms with Crippen LogP contribution in [0.25, 0.3) is 22.3 Å². The Balaban J connectivity index is 1.41. The highest BCUT2D eigenvalue weighted by Gasteiger charge is 2.21. The van der Waals surface area contributed by atoms with Gasteiger partial charge in [-0.1, -0.05) is 0 Å². The third kappa shape index (κ3) is 3.76. The number of hydrogen-bond acceptors (Lipinski definition) is 7. The number of aromatic amines is 2. The van der Waals surface area contributed by atoms with Crippen molar-refractivity contribution in [3.8, 4) is 17.1 Å². The maximum Gasteiger partial charge on any atom is 0.167 e. The van der Waals surface area contributed by atoms with E-state index in [0.717, 1.165) is 43.1 Å². The maximum atomic E-state index is 14.3. The summed E-state index contributed by atoms with van der Waals surface area (Å²) in [4.78, 5) is 13.4. The van der Waals surface area contributed by atoms with Gasteiger partial charge in [-0.3, -0.25) is 10.2 Å². The zero-order chi connectivity index (χ0) is 21.4. The number of rotatable bonds is 5. The van der Waals surface area contributed by atoms with Crippen molar-refractivity contribution in [3.05, 3.63) is 42.7 Å². The zero-order valence-corrected chi connectivity index (χ0v) is 17.3. The van der Waals surface area contributed by atoms with Crippen LogP contribution in [-0.2, 0) is 0 Å². The summed E-state index contributed by atoms with van der Waals surface area (Å²) in [6.45, 7) is 7.14. The molecule has 0 bridgehead atoms. The first-order valence-electron chi connectivity index (χ1n) is 10.2. The number of aromatic nitrogens is 6. The maximum absolute atomic E-state index is 14.3. The third-order valence-electron chi connectivity index (χ3n) is 5.33. The van der Waals surface area contributed by atoms with E-state index >= 15 is 0 Å². The predicted molar refractivity (Wildman–Crippen MR) is 116 cm³/mol. The van der Waals surface area contributed by atoms with Crippen LogP contribution in [-0.4, -0.2) is 62.6 Å². The van der Waals surface area contributed by atoms with Crippen LogP contribution in [0.5, 0.6) is 5.75 Å². The van der Waals surface area contributed by atoms with Crippen LogP contribution in [0.3, 0.4) is 0 Å². The van der Waals surface area contributed by atoms with Crippen molar-refractivity contribution in [3.63, 3.8) is 0 Å². The summed E-state index contributed by atoms with van der Waals surface area (Å²) < 4.78 is 19.9. The molecule has 0 unspecified atom stereocenters. The van der Waals surface area contributed by atoms with Gasteiger partial charge in [-0.05, 0) is 19.9 Å². The highest BCUT2D eigenvalue weighted by molar-refractivity contribution is 5.93. The number of H-pyrrole nitrogens is 2. The van der Waals surface area contributed by atoms with Crippen molar-refractivity contribution in [2.45, 2.75) is 20.0 Å². The van der Waals surface area contributed by atoms with Crippen LogP contribution in [0.4, 0.5) is 15.9 Å². The molecule has 1 fully saturated rings. The van der Waals surface area contributed by atoms with Crippen LogP contribution < -0.4 is 14.5 Å². The number of fused-ring (bicyclic) bond motifs is 1. The van der Waals surface area contributed by atoms with Crippen molar-refractivity contribution in [1.29, 1.82) is 0 Å². The molecule has 0 amide bonds. The molecule has 160 valence electrons. The Morgan fingerprint density at radius 3 is 2.61 bits per heavy atom. The summed E-state index contributed by atoms with van der Waals surface area (Å²) in [6, 6.07) is 5.01. The van der Waals surface area contributed by atoms with Gasteiger partial charge in [-0.15, -0.1) is 0 Å². The molecule has 4 aromatic rings. The molecule has 9 nitrogen and oxygen atoms in total. The molecule has 1 saturated heterocycles. The number of nitrogens with zero attached hydrogens (tertiary/aromatic N) is 6. The molecule has 0 aliphatic carbocycles. The number of hydrogen-bond donors (Lipinski definition) is 2. The summed E-state index contributed by atoms with van der Waals surface area (Å²) in [5.74, 6) is 0.624. The zero-order valence-electron chi connectivity index (χ0n) is 17.3. The largest absolute Gasteiger partial charge is 0.488 e. The molecule has 31 heavy (non-hydrogen) atoms. The molecular weight excluding hydrogens is 399 g/mol. The second-order valence-electron chi connectivity index (χ2n) is 7.76. The number of nitrogens with one attached hydrogen (secondary N) is 2. The van der Waals surface area contributed by atoms with Gasteiger partial charge in [0.25, 0.3) is 0 Å². The SMILES string of the molecule is CC(C)Oc1cc2c(-c3cc(N4CCN(c5cn[nH]c5)CC4)ncn3)n[nH]c2cc1F. The molecule has 0 atom stereocenters. The first-order valence-corrected chi connectivity index (χ1v) is 10.2. The lowest BCUT2D eigenvalue weighted by Gasteiger charge is -2.35. The van der Waals surface area contributed by atoms with Gasteiger partial charge in [0.1, 0.15) is 17.8 Å². The van der Waals surface area contributed by atoms with Gasteiger partial charge in [0.05, 0.1) is 29.2 Å². The number of ether oxygens (including phenoxy) is 1. The van der Waals surface area contributed by atoms with Gasteiger partial charge in [0.15, 0.2) is 11.6 Å². The van der Waals surface area contributed by atoms with E-state index in [1.54, 1.807) is 12.4 Å². The predicted octanol–water partition coefficient (Wildman–Crippen LogP) is 3.00. The molecule has 5 rings (SSSR count). The normalized spacial score (nSPS) is 14.6. The number of halogens is 1. The van der Waals surface area contributed by atoms with Gasteiger partial charge in [-0.25, -0.2) is 14.4 Å². The van der Waals surface area contributed by atoms with Crippen molar-refractivity contribution < 1.29 is 9.13 Å². The molecular formula is C21H23FN8O. The van der Waals surface area contributed by atoms with E-state index in [2.05, 4.69) is 40.2 Å². The average Bonchev–Trinajstić information content (AvgIpc) is 3.44. The van der Waals surface area contributed by atoms with E-state index in [-0.39, 0.29) is 11.9 Å². The Hall–Kier alpha value is -3.69. The fourth-order valence-corrected chi connectivity index (χ4v) is 3.82. The first-order chi connectivity index (χ1) is 15.1. The van der Waals surface area contributed by atoms with Gasteiger partial charge in [0, 0.05) is 49.9 Å². The van der Waals surface area contributed by atoms with Crippen LogP contribution in [0.15, 0.2) is 36.9 Å². The van der Waals surface area contributed by atoms with Gasteiger partial charge >= 0.3 is 0 Å². The van der Waals surface area contributed by atoms with E-state index in [1.165, 1.54) is 6.07 Å². The lowest BCUT2D eigenvalue weighted by Crippen LogP contribution is -2.46. The molecule has 0 spiro atoms. The molecule has 0 radical (unpaired) electrons. The molecule has 3 aromatic heterocycles. The molecule has 0 saturated carbocycles. The third-order valence-corrected chi connectivity index (χ3v) is 5.33. The second-order valence-corrected chi connectivity index (χ2v) is 7.76. The Labute approximate surface area is 178 Å². The van der Waals surface area contributed by atoms with Gasteiger partial charge in [-0.2, -0.15) is 10.2 Å². The highest BCUT2D eigenvalue weighted by Crippen LogP contribution is 2.32. The minimum atomic E-state index is -0.421. The summed E-state index contributed by atoms with van der Waals surface area (Å²) in [6.07, 6.45) is 5.15. The average molecular weight is 422 g/mol. The van der Waals surface area contributed by atoms with Crippen molar-refractivity contribution in [2.24, 2.45) is 0 Å². The lowest BCUT2D eigenvalue weighted by atomic mass is 10.1. The summed E-state index contributed by atoms with van der Waals surface area (Å²) >= 11 is 0. The van der Waals surface area contributed by atoms with Gasteiger partial charge in [0.2, 0.25) is 0 Å². The van der Waals surface area contributed by atoms with Crippen LogP contribution in [0.1, 0.15) is 13.8 Å². The quantitative estimate of drug-likeness (QED) is 0.510. The molecule has 1 aromatic carbocycles. The van der Waals surface area contributed by atoms with Crippen molar-refractivity contribution >= 4 is 22.4 Å². The summed E-state index contributed by atoms with van der Waals surface area (Å²) in [5, 5.41) is 14.9. The standard InChI is InChI=1S/C21H23FN8O/c1-13(2)31-19-7-15-17(8-16(19)22)27-28-21(15)18-9-20(24-12-23-18)30-5-3-29(4-6-30)14-10-25-26-11-14/h7-13H,3-6H2,1-2H3,(H,25,26)(H,27,28). The first kappa shape index (κ1) is 19.3. The number of benzene rings is 1. The molecule has 2 N–H and O–H groups in total. The van der Waals surface area contributed by atoms with Crippen LogP contribution >= 0.6 is 0 Å². The molecule has 4 heterocycles. The van der Waals surface area contributed by atoms with E-state index in [0.29, 0.717) is 16.9 Å². The Bertz CT molecular complexity index is 1180. The summed E-state index contributed by atoms with van der Waals surface area (Å²) in [7, 11) is 0. The van der Waals surface area contributed by atoms with E-state index < -0.39 is 5.82 Å². The number of piperazine rings is 1. The molecule has 1 aliphatic heterocycles. The van der Waals surface area contributed by atoms with E-state index in [1.807, 2.05) is 32.3 Å². The highest BCUT2D eigenvalue weighted by atomic mass is 19.1. The summed E-state index contributed by atoms with van der Waals surface area (Å²) in [5.41, 5.74) is 3.01. The van der Waals surface area contributed by atoms with E-state index in [9.17, 15) is 4.39 Å². The van der Waals surface area contributed by atoms with Gasteiger partial charge < -0.3 is 14.5 Å². The molecule has 10 heteroatoms. The lowest BCUT2D eigenvalue weighted by molar-refractivity contribution is 0.231. The Morgan fingerprint density at radius 2 is 1.87 bits per heavy atom. The number of anilines is 2. The Morgan fingerprint density at radius 1 is 1.06 bits per heavy atom. The van der Waals surface area contributed by atoms with Crippen molar-refractivity contribution in [2.75, 3.05) is 36.0 Å².